The first-order chi connectivity index (χ1) is 12.7. The molecule has 144 valence electrons. The summed E-state index contributed by atoms with van der Waals surface area (Å²) in [5.41, 5.74) is 3.17. The third-order valence-electron chi connectivity index (χ3n) is 4.00. The molecule has 2 amide bonds. The van der Waals surface area contributed by atoms with E-state index >= 15 is 0 Å². The van der Waals surface area contributed by atoms with Gasteiger partial charge in [-0.2, -0.15) is 0 Å². The standard InChI is InChI=1S/C21H26ClN3O2/c1-13(2)11-20(26)24-18-9-7-17(8-10-18)23-15(4)21(27)25-19-12-16(22)6-5-14(19)3/h5-10,12-13,15,23H,11H2,1-4H3,(H,24,26)(H,25,27). The predicted molar refractivity (Wildman–Crippen MR) is 112 cm³/mol. The highest BCUT2D eigenvalue weighted by molar-refractivity contribution is 6.31. The molecular weight excluding hydrogens is 362 g/mol. The summed E-state index contributed by atoms with van der Waals surface area (Å²) in [5.74, 6) is 0.151. The molecule has 0 aromatic heterocycles. The molecule has 0 saturated carbocycles. The van der Waals surface area contributed by atoms with Gasteiger partial charge in [-0.15, -0.1) is 0 Å². The molecule has 27 heavy (non-hydrogen) atoms. The van der Waals surface area contributed by atoms with Crippen LogP contribution in [0.3, 0.4) is 0 Å². The van der Waals surface area contributed by atoms with Gasteiger partial charge in [0.15, 0.2) is 0 Å². The van der Waals surface area contributed by atoms with Crippen LogP contribution in [0.1, 0.15) is 32.8 Å². The fraction of sp³-hybridized carbons (Fsp3) is 0.333. The Kier molecular flexibility index (Phi) is 7.25. The smallest absolute Gasteiger partial charge is 0.246 e. The first-order valence-corrected chi connectivity index (χ1v) is 9.36. The van der Waals surface area contributed by atoms with Gasteiger partial charge in [-0.3, -0.25) is 9.59 Å². The number of rotatable bonds is 7. The second kappa shape index (κ2) is 9.42. The number of amides is 2. The number of aryl methyl sites for hydroxylation is 1. The lowest BCUT2D eigenvalue weighted by molar-refractivity contribution is -0.117. The topological polar surface area (TPSA) is 70.2 Å². The molecule has 2 aromatic carbocycles. The molecule has 0 aliphatic rings. The molecule has 0 radical (unpaired) electrons. The molecule has 6 heteroatoms. The fourth-order valence-electron chi connectivity index (χ4n) is 2.52. The quantitative estimate of drug-likeness (QED) is 0.621. The maximum absolute atomic E-state index is 12.4. The average Bonchev–Trinajstić information content (AvgIpc) is 2.59. The Hall–Kier alpha value is -2.53. The van der Waals surface area contributed by atoms with E-state index in [4.69, 9.17) is 11.6 Å². The van der Waals surface area contributed by atoms with Crippen molar-refractivity contribution in [1.29, 1.82) is 0 Å². The zero-order chi connectivity index (χ0) is 20.0. The van der Waals surface area contributed by atoms with E-state index in [2.05, 4.69) is 16.0 Å². The van der Waals surface area contributed by atoms with Gasteiger partial charge in [-0.1, -0.05) is 31.5 Å². The van der Waals surface area contributed by atoms with Crippen molar-refractivity contribution >= 4 is 40.5 Å². The second-order valence-corrected chi connectivity index (χ2v) is 7.47. The highest BCUT2D eigenvalue weighted by atomic mass is 35.5. The van der Waals surface area contributed by atoms with Crippen molar-refractivity contribution in [2.24, 2.45) is 5.92 Å². The Morgan fingerprint density at radius 2 is 1.59 bits per heavy atom. The Balaban J connectivity index is 1.93. The molecule has 2 rings (SSSR count). The van der Waals surface area contributed by atoms with E-state index in [1.807, 2.05) is 51.1 Å². The largest absolute Gasteiger partial charge is 0.374 e. The summed E-state index contributed by atoms with van der Waals surface area (Å²) in [4.78, 5) is 24.2. The van der Waals surface area contributed by atoms with Gasteiger partial charge >= 0.3 is 0 Å². The van der Waals surface area contributed by atoms with Gasteiger partial charge in [0.2, 0.25) is 11.8 Å². The third kappa shape index (κ3) is 6.61. The van der Waals surface area contributed by atoms with Crippen molar-refractivity contribution in [1.82, 2.24) is 0 Å². The van der Waals surface area contributed by atoms with E-state index in [-0.39, 0.29) is 11.8 Å². The summed E-state index contributed by atoms with van der Waals surface area (Å²) in [5, 5.41) is 9.47. The maximum atomic E-state index is 12.4. The fourth-order valence-corrected chi connectivity index (χ4v) is 2.69. The van der Waals surface area contributed by atoms with Gasteiger partial charge < -0.3 is 16.0 Å². The monoisotopic (exact) mass is 387 g/mol. The molecule has 5 nitrogen and oxygen atoms in total. The van der Waals surface area contributed by atoms with Crippen molar-refractivity contribution in [3.63, 3.8) is 0 Å². The summed E-state index contributed by atoms with van der Waals surface area (Å²) in [7, 11) is 0. The molecule has 0 heterocycles. The predicted octanol–water partition coefficient (Wildman–Crippen LogP) is 5.07. The summed E-state index contributed by atoms with van der Waals surface area (Å²) in [6, 6.07) is 12.2. The van der Waals surface area contributed by atoms with Crippen molar-refractivity contribution in [2.75, 3.05) is 16.0 Å². The normalized spacial score (nSPS) is 11.8. The minimum absolute atomic E-state index is 0.00431. The van der Waals surface area contributed by atoms with Gasteiger partial charge in [0.05, 0.1) is 0 Å². The van der Waals surface area contributed by atoms with Gasteiger partial charge in [-0.05, 0) is 61.7 Å². The molecule has 1 atom stereocenters. The number of halogens is 1. The number of benzene rings is 2. The van der Waals surface area contributed by atoms with Crippen LogP contribution < -0.4 is 16.0 Å². The molecular formula is C21H26ClN3O2. The first-order valence-electron chi connectivity index (χ1n) is 8.98. The lowest BCUT2D eigenvalue weighted by Gasteiger charge is -2.17. The highest BCUT2D eigenvalue weighted by Gasteiger charge is 2.14. The van der Waals surface area contributed by atoms with Gasteiger partial charge in [0.1, 0.15) is 6.04 Å². The summed E-state index contributed by atoms with van der Waals surface area (Å²) >= 11 is 5.99. The number of carbonyl (C=O) groups is 2. The number of carbonyl (C=O) groups excluding carboxylic acids is 2. The Labute approximate surface area is 165 Å². The molecule has 3 N–H and O–H groups in total. The van der Waals surface area contributed by atoms with Gasteiger partial charge in [-0.25, -0.2) is 0 Å². The molecule has 0 fully saturated rings. The van der Waals surface area contributed by atoms with E-state index in [9.17, 15) is 9.59 Å². The second-order valence-electron chi connectivity index (χ2n) is 7.04. The maximum Gasteiger partial charge on any atom is 0.246 e. The number of anilines is 3. The van der Waals surface area contributed by atoms with Crippen LogP contribution in [0.2, 0.25) is 5.02 Å². The van der Waals surface area contributed by atoms with Crippen LogP contribution >= 0.6 is 11.6 Å². The molecule has 0 bridgehead atoms. The minimum atomic E-state index is -0.440. The van der Waals surface area contributed by atoms with E-state index in [1.165, 1.54) is 0 Å². The first kappa shape index (κ1) is 20.8. The van der Waals surface area contributed by atoms with Gasteiger partial charge in [0.25, 0.3) is 0 Å². The average molecular weight is 388 g/mol. The zero-order valence-corrected chi connectivity index (χ0v) is 16.9. The van der Waals surface area contributed by atoms with Crippen LogP contribution in [0.5, 0.6) is 0 Å². The highest BCUT2D eigenvalue weighted by Crippen LogP contribution is 2.21. The molecule has 1 unspecified atom stereocenters. The summed E-state index contributed by atoms with van der Waals surface area (Å²) in [6.45, 7) is 7.71. The van der Waals surface area contributed by atoms with Crippen LogP contribution in [0.4, 0.5) is 17.1 Å². The zero-order valence-electron chi connectivity index (χ0n) is 16.1. The molecule has 0 saturated heterocycles. The Morgan fingerprint density at radius 3 is 2.22 bits per heavy atom. The summed E-state index contributed by atoms with van der Waals surface area (Å²) in [6.07, 6.45) is 0.486. The Bertz CT molecular complexity index is 804. The van der Waals surface area contributed by atoms with Crippen LogP contribution in [0.15, 0.2) is 42.5 Å². The van der Waals surface area contributed by atoms with E-state index in [0.29, 0.717) is 23.0 Å². The third-order valence-corrected chi connectivity index (χ3v) is 4.23. The van der Waals surface area contributed by atoms with Crippen LogP contribution in [-0.4, -0.2) is 17.9 Å². The number of hydrogen-bond acceptors (Lipinski definition) is 3. The van der Waals surface area contributed by atoms with E-state index in [1.54, 1.807) is 19.1 Å². The SMILES string of the molecule is Cc1ccc(Cl)cc1NC(=O)C(C)Nc1ccc(NC(=O)CC(C)C)cc1. The molecule has 0 aliphatic heterocycles. The molecule has 2 aromatic rings. The van der Waals surface area contributed by atoms with Crippen molar-refractivity contribution in [2.45, 2.75) is 40.2 Å². The molecule has 0 spiro atoms. The van der Waals surface area contributed by atoms with Crippen molar-refractivity contribution in [3.05, 3.63) is 53.1 Å². The lowest BCUT2D eigenvalue weighted by Crippen LogP contribution is -2.32. The van der Waals surface area contributed by atoms with E-state index < -0.39 is 6.04 Å². The minimum Gasteiger partial charge on any atom is -0.374 e. The Morgan fingerprint density at radius 1 is 0.963 bits per heavy atom. The van der Waals surface area contributed by atoms with Crippen molar-refractivity contribution < 1.29 is 9.59 Å². The van der Waals surface area contributed by atoms with Crippen LogP contribution in [-0.2, 0) is 9.59 Å². The molecule has 0 aliphatic carbocycles. The summed E-state index contributed by atoms with van der Waals surface area (Å²) < 4.78 is 0. The van der Waals surface area contributed by atoms with Crippen LogP contribution in [0.25, 0.3) is 0 Å². The number of nitrogens with one attached hydrogen (secondary N) is 3. The lowest BCUT2D eigenvalue weighted by atomic mass is 10.1. The van der Waals surface area contributed by atoms with Crippen molar-refractivity contribution in [3.8, 4) is 0 Å². The van der Waals surface area contributed by atoms with E-state index in [0.717, 1.165) is 16.9 Å². The number of hydrogen-bond donors (Lipinski definition) is 3. The van der Waals surface area contributed by atoms with Crippen LogP contribution in [0, 0.1) is 12.8 Å². The van der Waals surface area contributed by atoms with Gasteiger partial charge in [0, 0.05) is 28.5 Å².